The molecule has 0 aliphatic rings. The Balaban J connectivity index is 1.16. The maximum Gasteiger partial charge on any atom is 0.144 e. The van der Waals surface area contributed by atoms with Gasteiger partial charge in [-0.25, -0.2) is 0 Å². The normalized spacial score (nSPS) is 11.8. The van der Waals surface area contributed by atoms with Crippen molar-refractivity contribution in [1.82, 2.24) is 0 Å². The molecule has 0 saturated heterocycles. The van der Waals surface area contributed by atoms with E-state index in [4.69, 9.17) is 4.42 Å². The summed E-state index contributed by atoms with van der Waals surface area (Å²) in [5.74, 6) is 0. The standard InChI is InChI=1S/C44H27NOS/c1-2-14-31(15-3-1)45(32-16-8-13-30(26-32)35-19-9-12-28-10-4-6-17-34(28)35)33-21-22-37-41(27-33)47-40-25-23-38-42-36-18-7-5-11-29(36)20-24-39(42)46-44(38)43(37)40/h1-27H. The zero-order chi connectivity index (χ0) is 30.9. The molecular weight excluding hydrogens is 591 g/mol. The van der Waals surface area contributed by atoms with E-state index in [0.29, 0.717) is 0 Å². The molecule has 0 aliphatic carbocycles. The van der Waals surface area contributed by atoms with Gasteiger partial charge in [0.1, 0.15) is 11.2 Å². The summed E-state index contributed by atoms with van der Waals surface area (Å²) in [6.07, 6.45) is 0. The van der Waals surface area contributed by atoms with Gasteiger partial charge in [-0.3, -0.25) is 0 Å². The molecular formula is C44H27NOS. The molecule has 0 aliphatic heterocycles. The van der Waals surface area contributed by atoms with Gasteiger partial charge in [0.05, 0.1) is 0 Å². The van der Waals surface area contributed by atoms with Crippen molar-refractivity contribution in [2.45, 2.75) is 0 Å². The molecule has 47 heavy (non-hydrogen) atoms. The minimum absolute atomic E-state index is 0.934. The van der Waals surface area contributed by atoms with Gasteiger partial charge in [-0.05, 0) is 87.3 Å². The quantitative estimate of drug-likeness (QED) is 0.195. The van der Waals surface area contributed by atoms with Crippen molar-refractivity contribution in [3.8, 4) is 11.1 Å². The lowest BCUT2D eigenvalue weighted by Gasteiger charge is -2.26. The van der Waals surface area contributed by atoms with Crippen LogP contribution in [0.2, 0.25) is 0 Å². The Morgan fingerprint density at radius 3 is 2.02 bits per heavy atom. The molecule has 2 nitrogen and oxygen atoms in total. The summed E-state index contributed by atoms with van der Waals surface area (Å²) in [4.78, 5) is 2.36. The monoisotopic (exact) mass is 617 g/mol. The van der Waals surface area contributed by atoms with Crippen LogP contribution < -0.4 is 4.90 Å². The van der Waals surface area contributed by atoms with Crippen LogP contribution in [0.15, 0.2) is 168 Å². The van der Waals surface area contributed by atoms with Gasteiger partial charge in [-0.2, -0.15) is 0 Å². The van der Waals surface area contributed by atoms with Gasteiger partial charge in [0, 0.05) is 48.0 Å². The molecule has 0 unspecified atom stereocenters. The van der Waals surface area contributed by atoms with Crippen molar-refractivity contribution in [2.75, 3.05) is 4.90 Å². The van der Waals surface area contributed by atoms with Crippen LogP contribution in [-0.4, -0.2) is 0 Å². The number of furan rings is 1. The number of thiophene rings is 1. The topological polar surface area (TPSA) is 16.4 Å². The Morgan fingerprint density at radius 1 is 0.426 bits per heavy atom. The number of anilines is 3. The second-order valence-corrected chi connectivity index (χ2v) is 13.2. The molecule has 2 aromatic heterocycles. The van der Waals surface area contributed by atoms with Crippen LogP contribution in [0.1, 0.15) is 0 Å². The maximum atomic E-state index is 6.64. The lowest BCUT2D eigenvalue weighted by atomic mass is 9.97. The van der Waals surface area contributed by atoms with Crippen LogP contribution in [-0.2, 0) is 0 Å². The molecule has 0 spiro atoms. The Bertz CT molecular complexity index is 2800. The van der Waals surface area contributed by atoms with Crippen LogP contribution >= 0.6 is 11.3 Å². The molecule has 0 atom stereocenters. The molecule has 3 heteroatoms. The van der Waals surface area contributed by atoms with E-state index in [-0.39, 0.29) is 0 Å². The summed E-state index contributed by atoms with van der Waals surface area (Å²) < 4.78 is 9.11. The SMILES string of the molecule is c1ccc(N(c2cccc(-c3cccc4ccccc34)c2)c2ccc3c(c2)sc2ccc4c(oc5ccc6ccccc6c54)c23)cc1. The van der Waals surface area contributed by atoms with Gasteiger partial charge < -0.3 is 9.32 Å². The summed E-state index contributed by atoms with van der Waals surface area (Å²) in [6, 6.07) is 58.9. The number of fused-ring (bicyclic) bond motifs is 10. The zero-order valence-corrected chi connectivity index (χ0v) is 26.2. The lowest BCUT2D eigenvalue weighted by molar-refractivity contribution is 0.673. The Labute approximate surface area is 275 Å². The highest BCUT2D eigenvalue weighted by molar-refractivity contribution is 7.26. The van der Waals surface area contributed by atoms with Gasteiger partial charge in [-0.15, -0.1) is 11.3 Å². The van der Waals surface area contributed by atoms with Crippen LogP contribution in [0, 0.1) is 0 Å². The molecule has 0 saturated carbocycles. The third-order valence-electron chi connectivity index (χ3n) is 9.42. The van der Waals surface area contributed by atoms with E-state index in [1.165, 1.54) is 63.6 Å². The average Bonchev–Trinajstić information content (AvgIpc) is 3.70. The van der Waals surface area contributed by atoms with E-state index in [9.17, 15) is 0 Å². The number of nitrogens with zero attached hydrogens (tertiary/aromatic N) is 1. The van der Waals surface area contributed by atoms with Crippen LogP contribution in [0.3, 0.4) is 0 Å². The third kappa shape index (κ3) is 4.10. The highest BCUT2D eigenvalue weighted by atomic mass is 32.1. The predicted octanol–water partition coefficient (Wildman–Crippen LogP) is 13.4. The van der Waals surface area contributed by atoms with E-state index in [0.717, 1.165) is 28.2 Å². The number of rotatable bonds is 4. The van der Waals surface area contributed by atoms with E-state index in [2.05, 4.69) is 169 Å². The summed E-state index contributed by atoms with van der Waals surface area (Å²) >= 11 is 1.83. The summed E-state index contributed by atoms with van der Waals surface area (Å²) in [6.45, 7) is 0. The van der Waals surface area contributed by atoms with Crippen molar-refractivity contribution in [1.29, 1.82) is 0 Å². The van der Waals surface area contributed by atoms with Gasteiger partial charge in [-0.1, -0.05) is 109 Å². The minimum atomic E-state index is 0.934. The first-order chi connectivity index (χ1) is 23.3. The van der Waals surface area contributed by atoms with Crippen LogP contribution in [0.25, 0.3) is 74.8 Å². The van der Waals surface area contributed by atoms with Crippen molar-refractivity contribution in [2.24, 2.45) is 0 Å². The fourth-order valence-corrected chi connectivity index (χ4v) is 8.44. The summed E-state index contributed by atoms with van der Waals surface area (Å²) in [5.41, 5.74) is 7.70. The van der Waals surface area contributed by atoms with Crippen molar-refractivity contribution < 1.29 is 4.42 Å². The molecule has 0 bridgehead atoms. The van der Waals surface area contributed by atoms with Crippen LogP contribution in [0.4, 0.5) is 17.1 Å². The van der Waals surface area contributed by atoms with Gasteiger partial charge in [0.15, 0.2) is 0 Å². The second kappa shape index (κ2) is 10.3. The Hall–Kier alpha value is -5.90. The largest absolute Gasteiger partial charge is 0.455 e. The van der Waals surface area contributed by atoms with Crippen molar-refractivity contribution in [3.63, 3.8) is 0 Å². The number of benzene rings is 8. The molecule has 220 valence electrons. The average molecular weight is 618 g/mol. The predicted molar refractivity (Wildman–Crippen MR) is 202 cm³/mol. The summed E-state index contributed by atoms with van der Waals surface area (Å²) in [7, 11) is 0. The van der Waals surface area contributed by atoms with Gasteiger partial charge >= 0.3 is 0 Å². The molecule has 10 rings (SSSR count). The van der Waals surface area contributed by atoms with E-state index < -0.39 is 0 Å². The number of para-hydroxylation sites is 1. The second-order valence-electron chi connectivity index (χ2n) is 12.1. The molecule has 0 fully saturated rings. The highest BCUT2D eigenvalue weighted by Gasteiger charge is 2.19. The smallest absolute Gasteiger partial charge is 0.144 e. The van der Waals surface area contributed by atoms with Crippen LogP contribution in [0.5, 0.6) is 0 Å². The third-order valence-corrected chi connectivity index (χ3v) is 10.5. The van der Waals surface area contributed by atoms with Crippen molar-refractivity contribution in [3.05, 3.63) is 164 Å². The fourth-order valence-electron chi connectivity index (χ4n) is 7.31. The van der Waals surface area contributed by atoms with Gasteiger partial charge in [0.2, 0.25) is 0 Å². The van der Waals surface area contributed by atoms with E-state index in [1.54, 1.807) is 0 Å². The van der Waals surface area contributed by atoms with Gasteiger partial charge in [0.25, 0.3) is 0 Å². The molecule has 0 N–H and O–H groups in total. The molecule has 0 radical (unpaired) electrons. The Kier molecular flexibility index (Phi) is 5.78. The minimum Gasteiger partial charge on any atom is -0.455 e. The lowest BCUT2D eigenvalue weighted by Crippen LogP contribution is -2.09. The zero-order valence-electron chi connectivity index (χ0n) is 25.4. The first-order valence-corrected chi connectivity index (χ1v) is 16.7. The van der Waals surface area contributed by atoms with E-state index in [1.807, 2.05) is 11.3 Å². The number of hydrogen-bond acceptors (Lipinski definition) is 3. The van der Waals surface area contributed by atoms with Crippen molar-refractivity contribution >= 4 is 92.1 Å². The number of hydrogen-bond donors (Lipinski definition) is 0. The fraction of sp³-hybridized carbons (Fsp3) is 0. The molecule has 10 aromatic rings. The molecule has 2 heterocycles. The first kappa shape index (κ1) is 26.3. The highest BCUT2D eigenvalue weighted by Crippen LogP contribution is 2.46. The Morgan fingerprint density at radius 2 is 1.13 bits per heavy atom. The van der Waals surface area contributed by atoms with E-state index >= 15 is 0 Å². The molecule has 0 amide bonds. The maximum absolute atomic E-state index is 6.64. The first-order valence-electron chi connectivity index (χ1n) is 15.9. The molecule has 8 aromatic carbocycles. The summed E-state index contributed by atoms with van der Waals surface area (Å²) in [5, 5.41) is 9.75.